The maximum atomic E-state index is 12.7. The van der Waals surface area contributed by atoms with Crippen molar-refractivity contribution in [3.05, 3.63) is 23.8 Å². The van der Waals surface area contributed by atoms with E-state index in [0.717, 1.165) is 57.6 Å². The zero-order chi connectivity index (χ0) is 17.2. The molecule has 1 aromatic rings. The van der Waals surface area contributed by atoms with E-state index in [9.17, 15) is 4.79 Å². The van der Waals surface area contributed by atoms with Gasteiger partial charge in [-0.3, -0.25) is 4.79 Å². The molecule has 5 heteroatoms. The number of piperazine rings is 1. The Hall–Kier alpha value is -1.75. The molecule has 2 rings (SSSR count). The Balaban J connectivity index is 2.10. The molecule has 1 heterocycles. The van der Waals surface area contributed by atoms with Gasteiger partial charge in [0.2, 0.25) is 0 Å². The highest BCUT2D eigenvalue weighted by Crippen LogP contribution is 2.29. The van der Waals surface area contributed by atoms with Crippen LogP contribution in [0.1, 0.15) is 49.9 Å². The number of hydrogen-bond donors (Lipinski definition) is 1. The van der Waals surface area contributed by atoms with Crippen molar-refractivity contribution in [3.8, 4) is 11.5 Å². The molecule has 1 aliphatic heterocycles. The van der Waals surface area contributed by atoms with Crippen LogP contribution in [0.25, 0.3) is 0 Å². The number of benzene rings is 1. The zero-order valence-electron chi connectivity index (χ0n) is 15.0. The highest BCUT2D eigenvalue weighted by molar-refractivity contribution is 5.95. The summed E-state index contributed by atoms with van der Waals surface area (Å²) in [4.78, 5) is 14.5. The molecule has 0 radical (unpaired) electrons. The average Bonchev–Trinajstić information content (AvgIpc) is 2.63. The average molecular weight is 334 g/mol. The minimum absolute atomic E-state index is 0.0666. The third-order valence-corrected chi connectivity index (χ3v) is 4.11. The number of nitrogens with one attached hydrogen (secondary N) is 1. The number of hydrogen-bond acceptors (Lipinski definition) is 4. The fraction of sp³-hybridized carbons (Fsp3) is 0.632. The maximum absolute atomic E-state index is 12.7. The van der Waals surface area contributed by atoms with Crippen molar-refractivity contribution >= 4 is 5.91 Å². The molecule has 1 aliphatic rings. The van der Waals surface area contributed by atoms with Crippen molar-refractivity contribution in [1.29, 1.82) is 0 Å². The summed E-state index contributed by atoms with van der Waals surface area (Å²) in [5, 5.41) is 3.27. The van der Waals surface area contributed by atoms with E-state index in [1.807, 2.05) is 23.1 Å². The van der Waals surface area contributed by atoms with Gasteiger partial charge in [-0.15, -0.1) is 0 Å². The first-order valence-corrected chi connectivity index (χ1v) is 9.16. The molecule has 1 fully saturated rings. The second-order valence-electron chi connectivity index (χ2n) is 6.11. The first-order valence-electron chi connectivity index (χ1n) is 9.16. The van der Waals surface area contributed by atoms with Crippen LogP contribution in [0, 0.1) is 0 Å². The number of ether oxygens (including phenoxy) is 2. The lowest BCUT2D eigenvalue weighted by atomic mass is 10.1. The fourth-order valence-corrected chi connectivity index (χ4v) is 2.58. The third kappa shape index (κ3) is 5.41. The summed E-state index contributed by atoms with van der Waals surface area (Å²) in [5.41, 5.74) is 0.672. The minimum Gasteiger partial charge on any atom is -0.490 e. The van der Waals surface area contributed by atoms with Crippen LogP contribution in [0.5, 0.6) is 11.5 Å². The van der Waals surface area contributed by atoms with Gasteiger partial charge in [0.15, 0.2) is 11.5 Å². The van der Waals surface area contributed by atoms with Crippen molar-refractivity contribution in [2.45, 2.75) is 39.5 Å². The van der Waals surface area contributed by atoms with E-state index in [1.165, 1.54) is 0 Å². The largest absolute Gasteiger partial charge is 0.490 e. The summed E-state index contributed by atoms with van der Waals surface area (Å²) in [6.07, 6.45) is 4.16. The number of nitrogens with zero attached hydrogens (tertiary/aromatic N) is 1. The van der Waals surface area contributed by atoms with E-state index in [-0.39, 0.29) is 5.91 Å². The Morgan fingerprint density at radius 2 is 1.67 bits per heavy atom. The Bertz CT molecular complexity index is 513. The van der Waals surface area contributed by atoms with Gasteiger partial charge in [-0.2, -0.15) is 0 Å². The molecule has 0 aliphatic carbocycles. The Labute approximate surface area is 145 Å². The smallest absolute Gasteiger partial charge is 0.254 e. The summed E-state index contributed by atoms with van der Waals surface area (Å²) in [7, 11) is 0. The molecule has 0 aromatic heterocycles. The second-order valence-corrected chi connectivity index (χ2v) is 6.11. The van der Waals surface area contributed by atoms with Crippen molar-refractivity contribution < 1.29 is 14.3 Å². The monoisotopic (exact) mass is 334 g/mol. The van der Waals surface area contributed by atoms with Crippen molar-refractivity contribution in [2.24, 2.45) is 0 Å². The van der Waals surface area contributed by atoms with Crippen LogP contribution in [0.4, 0.5) is 0 Å². The second kappa shape index (κ2) is 10.2. The number of unbranched alkanes of at least 4 members (excludes halogenated alkanes) is 2. The van der Waals surface area contributed by atoms with E-state index in [2.05, 4.69) is 19.2 Å². The molecule has 0 atom stereocenters. The van der Waals surface area contributed by atoms with Gasteiger partial charge in [-0.05, 0) is 31.0 Å². The standard InChI is InChI=1S/C19H30N2O3/c1-3-5-13-23-17-8-7-16(15-18(17)24-14-6-4-2)19(22)21-11-9-20-10-12-21/h7-8,15,20H,3-6,9-14H2,1-2H3. The van der Waals surface area contributed by atoms with Crippen LogP contribution < -0.4 is 14.8 Å². The molecule has 1 N–H and O–H groups in total. The van der Waals surface area contributed by atoms with Gasteiger partial charge < -0.3 is 19.7 Å². The SMILES string of the molecule is CCCCOc1ccc(C(=O)N2CCNCC2)cc1OCCCC. The maximum Gasteiger partial charge on any atom is 0.254 e. The van der Waals surface area contributed by atoms with E-state index >= 15 is 0 Å². The summed E-state index contributed by atoms with van der Waals surface area (Å²) >= 11 is 0. The van der Waals surface area contributed by atoms with Gasteiger partial charge >= 0.3 is 0 Å². The third-order valence-electron chi connectivity index (χ3n) is 4.11. The quantitative estimate of drug-likeness (QED) is 0.705. The number of carbonyl (C=O) groups excluding carboxylic acids is 1. The lowest BCUT2D eigenvalue weighted by molar-refractivity contribution is 0.0735. The Kier molecular flexibility index (Phi) is 7.89. The van der Waals surface area contributed by atoms with Crippen LogP contribution in [0.2, 0.25) is 0 Å². The molecule has 0 spiro atoms. The van der Waals surface area contributed by atoms with Gasteiger partial charge in [-0.25, -0.2) is 0 Å². The number of carbonyl (C=O) groups is 1. The van der Waals surface area contributed by atoms with Crippen molar-refractivity contribution in [3.63, 3.8) is 0 Å². The molecule has 24 heavy (non-hydrogen) atoms. The van der Waals surface area contributed by atoms with E-state index in [1.54, 1.807) is 0 Å². The minimum atomic E-state index is 0.0666. The van der Waals surface area contributed by atoms with Crippen molar-refractivity contribution in [2.75, 3.05) is 39.4 Å². The first kappa shape index (κ1) is 18.6. The molecule has 0 unspecified atom stereocenters. The van der Waals surface area contributed by atoms with Crippen LogP contribution in [0.15, 0.2) is 18.2 Å². The highest BCUT2D eigenvalue weighted by Gasteiger charge is 2.19. The first-order chi connectivity index (χ1) is 11.8. The van der Waals surface area contributed by atoms with Gasteiger partial charge in [-0.1, -0.05) is 26.7 Å². The van der Waals surface area contributed by atoms with E-state index < -0.39 is 0 Å². The molecule has 1 saturated heterocycles. The number of rotatable bonds is 9. The summed E-state index contributed by atoms with van der Waals surface area (Å²) in [6, 6.07) is 5.55. The summed E-state index contributed by atoms with van der Waals surface area (Å²) in [5.74, 6) is 1.48. The summed E-state index contributed by atoms with van der Waals surface area (Å²) in [6.45, 7) is 8.79. The van der Waals surface area contributed by atoms with E-state index in [4.69, 9.17) is 9.47 Å². The molecule has 134 valence electrons. The van der Waals surface area contributed by atoms with Gasteiger partial charge in [0.25, 0.3) is 5.91 Å². The van der Waals surface area contributed by atoms with Crippen LogP contribution in [-0.2, 0) is 0 Å². The van der Waals surface area contributed by atoms with Crippen molar-refractivity contribution in [1.82, 2.24) is 10.2 Å². The molecule has 5 nitrogen and oxygen atoms in total. The molecule has 1 amide bonds. The van der Waals surface area contributed by atoms with E-state index in [0.29, 0.717) is 24.5 Å². The van der Waals surface area contributed by atoms with Crippen LogP contribution in [-0.4, -0.2) is 50.2 Å². The molecule has 0 saturated carbocycles. The molecule has 0 bridgehead atoms. The van der Waals surface area contributed by atoms with Crippen LogP contribution >= 0.6 is 0 Å². The Morgan fingerprint density at radius 3 is 2.29 bits per heavy atom. The lowest BCUT2D eigenvalue weighted by Crippen LogP contribution is -2.46. The molecular formula is C19H30N2O3. The van der Waals surface area contributed by atoms with Gasteiger partial charge in [0.1, 0.15) is 0 Å². The predicted octanol–water partition coefficient (Wildman–Crippen LogP) is 3.09. The normalized spacial score (nSPS) is 14.5. The Morgan fingerprint density at radius 1 is 1.04 bits per heavy atom. The zero-order valence-corrected chi connectivity index (χ0v) is 15.0. The molecular weight excluding hydrogens is 304 g/mol. The summed E-state index contributed by atoms with van der Waals surface area (Å²) < 4.78 is 11.7. The number of amides is 1. The lowest BCUT2D eigenvalue weighted by Gasteiger charge is -2.27. The van der Waals surface area contributed by atoms with Crippen LogP contribution in [0.3, 0.4) is 0 Å². The molecule has 1 aromatic carbocycles. The fourth-order valence-electron chi connectivity index (χ4n) is 2.58. The van der Waals surface area contributed by atoms with Gasteiger partial charge in [0, 0.05) is 31.7 Å². The van der Waals surface area contributed by atoms with Gasteiger partial charge in [0.05, 0.1) is 13.2 Å². The predicted molar refractivity (Wildman–Crippen MR) is 96.0 cm³/mol. The topological polar surface area (TPSA) is 50.8 Å². The highest BCUT2D eigenvalue weighted by atomic mass is 16.5.